The van der Waals surface area contributed by atoms with Gasteiger partial charge in [-0.05, 0) is 118 Å². The highest BCUT2D eigenvalue weighted by Crippen LogP contribution is 2.49. The molecule has 1 aromatic rings. The summed E-state index contributed by atoms with van der Waals surface area (Å²) in [6.45, 7) is 4.25. The first-order valence-electron chi connectivity index (χ1n) is 14.2. The number of unbranched alkanes of at least 4 members (excludes halogenated alkanes) is 3. The molecule has 2 saturated carbocycles. The molecule has 0 spiro atoms. The smallest absolute Gasteiger partial charge is 0.132 e. The van der Waals surface area contributed by atoms with Crippen LogP contribution in [0, 0.1) is 41.2 Å². The molecule has 0 amide bonds. The molecule has 0 saturated heterocycles. The predicted molar refractivity (Wildman–Crippen MR) is 135 cm³/mol. The Morgan fingerprint density at radius 1 is 0.909 bits per heavy atom. The summed E-state index contributed by atoms with van der Waals surface area (Å²) in [4.78, 5) is 0. The number of rotatable bonds is 9. The fourth-order valence-electron chi connectivity index (χ4n) is 7.52. The summed E-state index contributed by atoms with van der Waals surface area (Å²) in [7, 11) is 0. The van der Waals surface area contributed by atoms with Crippen molar-refractivity contribution < 1.29 is 8.78 Å². The van der Waals surface area contributed by atoms with Crippen LogP contribution in [0.4, 0.5) is 8.78 Å². The average Bonchev–Trinajstić information content (AvgIpc) is 2.83. The van der Waals surface area contributed by atoms with Crippen LogP contribution < -0.4 is 0 Å². The van der Waals surface area contributed by atoms with Gasteiger partial charge in [0.1, 0.15) is 11.6 Å². The lowest BCUT2D eigenvalue weighted by atomic mass is 9.60. The van der Waals surface area contributed by atoms with Crippen LogP contribution in [0.25, 0.3) is 0 Å². The molecule has 1 aromatic carbocycles. The molecular weight excluding hydrogens is 410 g/mol. The van der Waals surface area contributed by atoms with E-state index in [1.54, 1.807) is 6.07 Å². The van der Waals surface area contributed by atoms with Crippen molar-refractivity contribution in [3.8, 4) is 0 Å². The minimum Gasteiger partial charge on any atom is -0.207 e. The van der Waals surface area contributed by atoms with Gasteiger partial charge in [-0.2, -0.15) is 0 Å². The molecule has 3 aliphatic rings. The molecule has 0 aliphatic heterocycles. The molecule has 2 heteroatoms. The van der Waals surface area contributed by atoms with Crippen LogP contribution in [0.5, 0.6) is 0 Å². The third-order valence-electron chi connectivity index (χ3n) is 9.45. The van der Waals surface area contributed by atoms with E-state index >= 15 is 4.39 Å². The molecule has 33 heavy (non-hydrogen) atoms. The van der Waals surface area contributed by atoms with Gasteiger partial charge in [-0.15, -0.1) is 0 Å². The molecule has 3 aliphatic carbocycles. The Morgan fingerprint density at radius 3 is 2.45 bits per heavy atom. The Bertz CT molecular complexity index is 795. The number of benzene rings is 1. The van der Waals surface area contributed by atoms with Crippen LogP contribution in [0.3, 0.4) is 0 Å². The maximum atomic E-state index is 15.1. The first-order valence-corrected chi connectivity index (χ1v) is 14.2. The lowest BCUT2D eigenvalue weighted by Crippen LogP contribution is -2.35. The second-order valence-corrected chi connectivity index (χ2v) is 11.5. The third kappa shape index (κ3) is 6.09. The van der Waals surface area contributed by atoms with Gasteiger partial charge in [-0.3, -0.25) is 0 Å². The zero-order valence-electron chi connectivity index (χ0n) is 21.2. The van der Waals surface area contributed by atoms with Gasteiger partial charge in [0.2, 0.25) is 0 Å². The van der Waals surface area contributed by atoms with E-state index in [0.717, 1.165) is 54.1 Å². The van der Waals surface area contributed by atoms with Gasteiger partial charge in [0, 0.05) is 5.56 Å². The molecule has 0 aromatic heterocycles. The Balaban J connectivity index is 1.32. The maximum absolute atomic E-state index is 15.1. The summed E-state index contributed by atoms with van der Waals surface area (Å²) in [6.07, 6.45) is 23.4. The number of halogens is 2. The van der Waals surface area contributed by atoms with Gasteiger partial charge < -0.3 is 0 Å². The normalized spacial score (nSPS) is 29.8. The topological polar surface area (TPSA) is 0 Å². The quantitative estimate of drug-likeness (QED) is 0.256. The standard InChI is InChI=1S/C31H46F2/c1-3-5-7-9-10-22-12-13-24-19-25(15-14-23(24)18-22)26-16-17-28-27(20-26)21-30(32)29(31(28)33)11-8-6-4-2/h4,6,21-26H,3,5,7-20H2,1-2H3/b6-4+. The van der Waals surface area contributed by atoms with Crippen LogP contribution in [-0.2, 0) is 19.3 Å². The van der Waals surface area contributed by atoms with E-state index in [4.69, 9.17) is 0 Å². The molecule has 4 rings (SSSR count). The monoisotopic (exact) mass is 456 g/mol. The number of fused-ring (bicyclic) bond motifs is 2. The van der Waals surface area contributed by atoms with Crippen molar-refractivity contribution in [1.29, 1.82) is 0 Å². The first-order chi connectivity index (χ1) is 16.1. The van der Waals surface area contributed by atoms with E-state index < -0.39 is 0 Å². The summed E-state index contributed by atoms with van der Waals surface area (Å²) in [6, 6.07) is 1.69. The maximum Gasteiger partial charge on any atom is 0.132 e. The molecule has 0 nitrogen and oxygen atoms in total. The molecule has 5 unspecified atom stereocenters. The number of allylic oxidation sites excluding steroid dienone is 2. The van der Waals surface area contributed by atoms with Gasteiger partial charge in [-0.1, -0.05) is 57.6 Å². The van der Waals surface area contributed by atoms with E-state index in [9.17, 15) is 4.39 Å². The van der Waals surface area contributed by atoms with E-state index in [-0.39, 0.29) is 11.6 Å². The van der Waals surface area contributed by atoms with Crippen molar-refractivity contribution in [3.63, 3.8) is 0 Å². The fraction of sp³-hybridized carbons (Fsp3) is 0.742. The summed E-state index contributed by atoms with van der Waals surface area (Å²) in [5.41, 5.74) is 2.09. The Kier molecular flexibility index (Phi) is 9.05. The molecule has 2 fully saturated rings. The summed E-state index contributed by atoms with van der Waals surface area (Å²) in [5.74, 6) is 3.68. The Morgan fingerprint density at radius 2 is 1.67 bits per heavy atom. The lowest BCUT2D eigenvalue weighted by molar-refractivity contribution is 0.0688. The molecule has 0 radical (unpaired) electrons. The number of hydrogen-bond donors (Lipinski definition) is 0. The SMILES string of the molecule is C/C=C/CCc1c(F)cc2c(c1F)CCC(C1CCC3CC(CCCCCC)CCC3C1)C2. The van der Waals surface area contributed by atoms with Crippen molar-refractivity contribution in [2.24, 2.45) is 29.6 Å². The highest BCUT2D eigenvalue weighted by molar-refractivity contribution is 5.37. The zero-order valence-corrected chi connectivity index (χ0v) is 21.2. The Labute approximate surface area is 201 Å². The van der Waals surface area contributed by atoms with Gasteiger partial charge in [0.05, 0.1) is 0 Å². The fourth-order valence-corrected chi connectivity index (χ4v) is 7.52. The van der Waals surface area contributed by atoms with Crippen LogP contribution in [0.15, 0.2) is 18.2 Å². The summed E-state index contributed by atoms with van der Waals surface area (Å²) >= 11 is 0. The summed E-state index contributed by atoms with van der Waals surface area (Å²) in [5, 5.41) is 0. The van der Waals surface area contributed by atoms with E-state index in [0.29, 0.717) is 24.3 Å². The minimum absolute atomic E-state index is 0.242. The second kappa shape index (κ2) is 12.0. The largest absolute Gasteiger partial charge is 0.207 e. The van der Waals surface area contributed by atoms with Crippen LogP contribution in [0.2, 0.25) is 0 Å². The van der Waals surface area contributed by atoms with E-state index in [1.807, 2.05) is 19.1 Å². The molecule has 184 valence electrons. The van der Waals surface area contributed by atoms with Crippen molar-refractivity contribution in [2.75, 3.05) is 0 Å². The lowest BCUT2D eigenvalue weighted by Gasteiger charge is -2.45. The van der Waals surface area contributed by atoms with Crippen molar-refractivity contribution in [3.05, 3.63) is 46.5 Å². The molecule has 0 bridgehead atoms. The molecule has 0 heterocycles. The van der Waals surface area contributed by atoms with Crippen LogP contribution >= 0.6 is 0 Å². The van der Waals surface area contributed by atoms with Gasteiger partial charge in [0.15, 0.2) is 0 Å². The minimum atomic E-state index is -0.322. The van der Waals surface area contributed by atoms with Gasteiger partial charge in [-0.25, -0.2) is 8.78 Å². The van der Waals surface area contributed by atoms with E-state index in [2.05, 4.69) is 6.92 Å². The van der Waals surface area contributed by atoms with Crippen LogP contribution in [0.1, 0.15) is 114 Å². The van der Waals surface area contributed by atoms with Crippen molar-refractivity contribution in [2.45, 2.75) is 117 Å². The molecular formula is C31H46F2. The highest BCUT2D eigenvalue weighted by Gasteiger charge is 2.39. The van der Waals surface area contributed by atoms with E-state index in [1.165, 1.54) is 70.6 Å². The third-order valence-corrected chi connectivity index (χ3v) is 9.45. The molecule has 5 atom stereocenters. The van der Waals surface area contributed by atoms with Crippen LogP contribution in [-0.4, -0.2) is 0 Å². The second-order valence-electron chi connectivity index (χ2n) is 11.5. The first kappa shape index (κ1) is 24.9. The van der Waals surface area contributed by atoms with Gasteiger partial charge >= 0.3 is 0 Å². The average molecular weight is 457 g/mol. The highest BCUT2D eigenvalue weighted by atomic mass is 19.1. The van der Waals surface area contributed by atoms with Crippen molar-refractivity contribution >= 4 is 0 Å². The summed E-state index contributed by atoms with van der Waals surface area (Å²) < 4.78 is 29.9. The molecule has 0 N–H and O–H groups in total. The van der Waals surface area contributed by atoms with Gasteiger partial charge in [0.25, 0.3) is 0 Å². The Hall–Kier alpha value is -1.18. The predicted octanol–water partition coefficient (Wildman–Crippen LogP) is 9.38. The number of hydrogen-bond acceptors (Lipinski definition) is 0. The zero-order chi connectivity index (χ0) is 23.2. The van der Waals surface area contributed by atoms with Crippen molar-refractivity contribution in [1.82, 2.24) is 0 Å².